The van der Waals surface area contributed by atoms with Crippen LogP contribution >= 0.6 is 24.0 Å². The van der Waals surface area contributed by atoms with Gasteiger partial charge in [0.25, 0.3) is 0 Å². The third-order valence-electron chi connectivity index (χ3n) is 3.37. The highest BCUT2D eigenvalue weighted by Crippen LogP contribution is 2.37. The van der Waals surface area contributed by atoms with Crippen LogP contribution in [0, 0.1) is 0 Å². The minimum absolute atomic E-state index is 0. The van der Waals surface area contributed by atoms with Gasteiger partial charge >= 0.3 is 0 Å². The lowest BCUT2D eigenvalue weighted by molar-refractivity contribution is 0.0730. The van der Waals surface area contributed by atoms with E-state index in [1.807, 2.05) is 4.90 Å². The van der Waals surface area contributed by atoms with Crippen molar-refractivity contribution in [3.8, 4) is 5.75 Å². The van der Waals surface area contributed by atoms with Crippen LogP contribution in [0.3, 0.4) is 0 Å². The number of benzene rings is 1. The Morgan fingerprint density at radius 3 is 2.55 bits per heavy atom. The number of hydrogen-bond donors (Lipinski definition) is 2. The zero-order valence-electron chi connectivity index (χ0n) is 10.9. The number of phenols is 1. The lowest BCUT2D eigenvalue weighted by Gasteiger charge is -2.35. The summed E-state index contributed by atoms with van der Waals surface area (Å²) in [6.07, 6.45) is -2.72. The highest BCUT2D eigenvalue weighted by molar-refractivity contribution is 6.32. The summed E-state index contributed by atoms with van der Waals surface area (Å²) in [5.41, 5.74) is 0.481. The molecule has 7 heteroatoms. The van der Waals surface area contributed by atoms with Gasteiger partial charge in [0, 0.05) is 44.2 Å². The fraction of sp³-hybridized carbons (Fsp3) is 0.538. The van der Waals surface area contributed by atoms with Crippen molar-refractivity contribution < 1.29 is 13.9 Å². The maximum atomic E-state index is 12.8. The SMILES string of the molecule is Cl.Oc1c(Cl)cccc1[C@@H](CC(F)F)N1CCNCC1. The molecule has 0 spiro atoms. The normalized spacial score (nSPS) is 17.8. The molecule has 1 fully saturated rings. The topological polar surface area (TPSA) is 35.5 Å². The molecule has 1 aliphatic heterocycles. The van der Waals surface area contributed by atoms with Gasteiger partial charge in [-0.1, -0.05) is 23.7 Å². The summed E-state index contributed by atoms with van der Waals surface area (Å²) >= 11 is 5.87. The van der Waals surface area contributed by atoms with Crippen LogP contribution in [0.25, 0.3) is 0 Å². The predicted molar refractivity (Wildman–Crippen MR) is 78.2 cm³/mol. The van der Waals surface area contributed by atoms with Gasteiger partial charge in [0.2, 0.25) is 6.43 Å². The van der Waals surface area contributed by atoms with E-state index >= 15 is 0 Å². The monoisotopic (exact) mass is 326 g/mol. The fourth-order valence-corrected chi connectivity index (χ4v) is 2.62. The number of alkyl halides is 2. The Kier molecular flexibility index (Phi) is 6.95. The number of para-hydroxylation sites is 1. The third-order valence-corrected chi connectivity index (χ3v) is 3.68. The smallest absolute Gasteiger partial charge is 0.240 e. The molecule has 0 bridgehead atoms. The van der Waals surface area contributed by atoms with Crippen molar-refractivity contribution in [2.24, 2.45) is 0 Å². The molecule has 1 aliphatic rings. The Labute approximate surface area is 128 Å². The summed E-state index contributed by atoms with van der Waals surface area (Å²) in [7, 11) is 0. The van der Waals surface area contributed by atoms with Crippen LogP contribution in [0.1, 0.15) is 18.0 Å². The first-order valence-electron chi connectivity index (χ1n) is 6.30. The first kappa shape index (κ1) is 17.4. The molecule has 0 saturated carbocycles. The quantitative estimate of drug-likeness (QED) is 0.892. The maximum Gasteiger partial charge on any atom is 0.240 e. The van der Waals surface area contributed by atoms with Gasteiger partial charge < -0.3 is 10.4 Å². The highest BCUT2D eigenvalue weighted by Gasteiger charge is 2.27. The first-order chi connectivity index (χ1) is 9.09. The van der Waals surface area contributed by atoms with Gasteiger partial charge in [0.1, 0.15) is 5.75 Å². The Bertz CT molecular complexity index is 429. The highest BCUT2D eigenvalue weighted by atomic mass is 35.5. The van der Waals surface area contributed by atoms with E-state index in [4.69, 9.17) is 11.6 Å². The molecule has 1 atom stereocenters. The molecule has 1 saturated heterocycles. The molecular formula is C13H18Cl2F2N2O. The molecule has 0 unspecified atom stereocenters. The first-order valence-corrected chi connectivity index (χ1v) is 6.67. The van der Waals surface area contributed by atoms with Crippen LogP contribution in [0.4, 0.5) is 8.78 Å². The number of hydrogen-bond acceptors (Lipinski definition) is 3. The van der Waals surface area contributed by atoms with Gasteiger partial charge in [-0.2, -0.15) is 0 Å². The molecular weight excluding hydrogens is 309 g/mol. The molecule has 0 aliphatic carbocycles. The summed E-state index contributed by atoms with van der Waals surface area (Å²) in [4.78, 5) is 1.97. The van der Waals surface area contributed by atoms with Crippen molar-refractivity contribution in [1.29, 1.82) is 0 Å². The predicted octanol–water partition coefficient (Wildman–Crippen LogP) is 3.07. The molecule has 3 nitrogen and oxygen atoms in total. The van der Waals surface area contributed by atoms with E-state index in [2.05, 4.69) is 5.32 Å². The van der Waals surface area contributed by atoms with E-state index in [1.165, 1.54) is 0 Å². The molecule has 2 N–H and O–H groups in total. The molecule has 1 heterocycles. The van der Waals surface area contributed by atoms with Gasteiger partial charge in [-0.3, -0.25) is 4.90 Å². The van der Waals surface area contributed by atoms with Crippen LogP contribution in [0.15, 0.2) is 18.2 Å². The molecule has 0 amide bonds. The fourth-order valence-electron chi connectivity index (χ4n) is 2.44. The second-order valence-corrected chi connectivity index (χ2v) is 5.01. The molecule has 1 aromatic carbocycles. The zero-order chi connectivity index (χ0) is 13.8. The molecule has 0 aromatic heterocycles. The van der Waals surface area contributed by atoms with E-state index in [0.717, 1.165) is 13.1 Å². The summed E-state index contributed by atoms with van der Waals surface area (Å²) < 4.78 is 25.6. The summed E-state index contributed by atoms with van der Waals surface area (Å²) in [5.74, 6) is -0.0895. The number of aromatic hydroxyl groups is 1. The number of nitrogens with one attached hydrogen (secondary N) is 1. The zero-order valence-corrected chi connectivity index (χ0v) is 12.4. The third kappa shape index (κ3) is 4.19. The standard InChI is InChI=1S/C13H17ClF2N2O.ClH/c14-10-3-1-2-9(13(10)19)11(8-12(15)16)18-6-4-17-5-7-18;/h1-3,11-12,17,19H,4-8H2;1H/t11-;/m1./s1. The average molecular weight is 327 g/mol. The van der Waals surface area contributed by atoms with Crippen molar-refractivity contribution in [3.05, 3.63) is 28.8 Å². The average Bonchev–Trinajstić information content (AvgIpc) is 2.40. The Morgan fingerprint density at radius 2 is 1.95 bits per heavy atom. The van der Waals surface area contributed by atoms with E-state index in [9.17, 15) is 13.9 Å². The summed E-state index contributed by atoms with van der Waals surface area (Å²) in [5, 5.41) is 13.4. The molecule has 2 rings (SSSR count). The van der Waals surface area contributed by atoms with E-state index in [1.54, 1.807) is 18.2 Å². The Balaban J connectivity index is 0.00000200. The molecule has 20 heavy (non-hydrogen) atoms. The number of piperazine rings is 1. The summed E-state index contributed by atoms with van der Waals surface area (Å²) in [6, 6.07) is 4.40. The number of rotatable bonds is 4. The van der Waals surface area contributed by atoms with Crippen LogP contribution in [-0.4, -0.2) is 42.6 Å². The molecule has 0 radical (unpaired) electrons. The van der Waals surface area contributed by atoms with Crippen molar-refractivity contribution >= 4 is 24.0 Å². The minimum Gasteiger partial charge on any atom is -0.506 e. The second-order valence-electron chi connectivity index (χ2n) is 4.61. The Hall–Kier alpha value is -0.620. The van der Waals surface area contributed by atoms with E-state index in [0.29, 0.717) is 18.7 Å². The van der Waals surface area contributed by atoms with Crippen LogP contribution in [0.5, 0.6) is 5.75 Å². The number of phenolic OH excluding ortho intramolecular Hbond substituents is 1. The minimum atomic E-state index is -2.42. The second kappa shape index (κ2) is 7.98. The number of nitrogens with zero attached hydrogens (tertiary/aromatic N) is 1. The van der Waals surface area contributed by atoms with Gasteiger partial charge in [-0.25, -0.2) is 8.78 Å². The lowest BCUT2D eigenvalue weighted by atomic mass is 10.00. The maximum absolute atomic E-state index is 12.8. The van der Waals surface area contributed by atoms with E-state index in [-0.39, 0.29) is 29.6 Å². The lowest BCUT2D eigenvalue weighted by Crippen LogP contribution is -2.45. The van der Waals surface area contributed by atoms with Gasteiger partial charge in [-0.15, -0.1) is 12.4 Å². The van der Waals surface area contributed by atoms with E-state index < -0.39 is 12.5 Å². The van der Waals surface area contributed by atoms with Gasteiger partial charge in [0.05, 0.1) is 5.02 Å². The molecule has 1 aromatic rings. The van der Waals surface area contributed by atoms with Gasteiger partial charge in [-0.05, 0) is 6.07 Å². The van der Waals surface area contributed by atoms with Crippen molar-refractivity contribution in [1.82, 2.24) is 10.2 Å². The van der Waals surface area contributed by atoms with Crippen LogP contribution in [-0.2, 0) is 0 Å². The molecule has 114 valence electrons. The van der Waals surface area contributed by atoms with Gasteiger partial charge in [0.15, 0.2) is 0 Å². The number of halogens is 4. The van der Waals surface area contributed by atoms with Crippen molar-refractivity contribution in [3.63, 3.8) is 0 Å². The largest absolute Gasteiger partial charge is 0.506 e. The van der Waals surface area contributed by atoms with Crippen molar-refractivity contribution in [2.45, 2.75) is 18.9 Å². The van der Waals surface area contributed by atoms with Crippen LogP contribution in [0.2, 0.25) is 5.02 Å². The van der Waals surface area contributed by atoms with Crippen LogP contribution < -0.4 is 5.32 Å². The summed E-state index contributed by atoms with van der Waals surface area (Å²) in [6.45, 7) is 2.90. The van der Waals surface area contributed by atoms with Crippen molar-refractivity contribution in [2.75, 3.05) is 26.2 Å². The Morgan fingerprint density at radius 1 is 1.30 bits per heavy atom.